The lowest BCUT2D eigenvalue weighted by molar-refractivity contribution is -0.128. The van der Waals surface area contributed by atoms with Crippen LogP contribution in [0.4, 0.5) is 4.79 Å². The summed E-state index contributed by atoms with van der Waals surface area (Å²) in [5, 5.41) is -0.190. The summed E-state index contributed by atoms with van der Waals surface area (Å²) in [6.45, 7) is 6.76. The average molecular weight is 318 g/mol. The molecule has 0 aliphatic carbocycles. The zero-order valence-corrected chi connectivity index (χ0v) is 13.7. The summed E-state index contributed by atoms with van der Waals surface area (Å²) < 4.78 is 0. The first-order chi connectivity index (χ1) is 10.4. The van der Waals surface area contributed by atoms with E-state index < -0.39 is 0 Å². The molecule has 1 aromatic carbocycles. The van der Waals surface area contributed by atoms with Gasteiger partial charge >= 0.3 is 0 Å². The number of imide groups is 1. The van der Waals surface area contributed by atoms with Crippen molar-refractivity contribution in [2.45, 2.75) is 26.8 Å². The minimum atomic E-state index is -0.190. The molecule has 0 spiro atoms. The van der Waals surface area contributed by atoms with Gasteiger partial charge in [0.2, 0.25) is 5.91 Å². The Morgan fingerprint density at radius 1 is 1.14 bits per heavy atom. The lowest BCUT2D eigenvalue weighted by atomic mass is 9.96. The quantitative estimate of drug-likeness (QED) is 0.838. The fraction of sp³-hybridized carbons (Fsp3) is 0.438. The molecule has 0 atom stereocenters. The largest absolute Gasteiger partial charge is 0.334 e. The second-order valence-corrected chi connectivity index (χ2v) is 6.88. The van der Waals surface area contributed by atoms with Gasteiger partial charge in [0, 0.05) is 18.7 Å². The Labute approximate surface area is 133 Å². The van der Waals surface area contributed by atoms with Gasteiger partial charge in [-0.15, -0.1) is 0 Å². The van der Waals surface area contributed by atoms with E-state index in [1.54, 1.807) is 4.90 Å². The molecule has 0 bridgehead atoms. The topological polar surface area (TPSA) is 57.7 Å². The summed E-state index contributed by atoms with van der Waals surface area (Å²) in [5.41, 5.74) is 3.81. The van der Waals surface area contributed by atoms with Gasteiger partial charge in [-0.3, -0.25) is 19.3 Å². The van der Waals surface area contributed by atoms with Crippen LogP contribution in [0.3, 0.4) is 0 Å². The molecule has 0 N–H and O–H groups in total. The molecule has 22 heavy (non-hydrogen) atoms. The molecule has 3 rings (SSSR count). The molecule has 116 valence electrons. The van der Waals surface area contributed by atoms with Crippen molar-refractivity contribution in [3.63, 3.8) is 0 Å². The van der Waals surface area contributed by atoms with Crippen LogP contribution in [0.15, 0.2) is 12.1 Å². The second kappa shape index (κ2) is 5.43. The highest BCUT2D eigenvalue weighted by Crippen LogP contribution is 2.28. The van der Waals surface area contributed by atoms with Gasteiger partial charge in [0.05, 0.1) is 11.8 Å². The zero-order chi connectivity index (χ0) is 16.0. The minimum absolute atomic E-state index is 0.0157. The molecule has 5 nitrogen and oxygen atoms in total. The van der Waals surface area contributed by atoms with Crippen LogP contribution in [0.2, 0.25) is 0 Å². The van der Waals surface area contributed by atoms with E-state index in [1.165, 1.54) is 4.90 Å². The Morgan fingerprint density at radius 3 is 2.23 bits per heavy atom. The number of carbonyl (C=O) groups excluding carboxylic acids is 3. The van der Waals surface area contributed by atoms with E-state index in [9.17, 15) is 14.4 Å². The highest BCUT2D eigenvalue weighted by atomic mass is 32.2. The van der Waals surface area contributed by atoms with Crippen molar-refractivity contribution in [3.8, 4) is 0 Å². The highest BCUT2D eigenvalue weighted by molar-refractivity contribution is 8.14. The van der Waals surface area contributed by atoms with Crippen LogP contribution in [-0.2, 0) is 4.79 Å². The van der Waals surface area contributed by atoms with E-state index in [4.69, 9.17) is 0 Å². The predicted molar refractivity (Wildman–Crippen MR) is 85.0 cm³/mol. The normalized spacial score (nSPS) is 18.9. The number of aryl methyl sites for hydroxylation is 3. The zero-order valence-electron chi connectivity index (χ0n) is 12.9. The molecule has 2 heterocycles. The van der Waals surface area contributed by atoms with Crippen LogP contribution >= 0.6 is 11.8 Å². The molecule has 0 saturated carbocycles. The summed E-state index contributed by atoms with van der Waals surface area (Å²) in [4.78, 5) is 39.0. The molecule has 6 heteroatoms. The van der Waals surface area contributed by atoms with Crippen LogP contribution in [0.5, 0.6) is 0 Å². The first-order valence-electron chi connectivity index (χ1n) is 7.24. The molecule has 1 aromatic rings. The number of benzene rings is 1. The third kappa shape index (κ3) is 2.41. The van der Waals surface area contributed by atoms with E-state index in [0.717, 1.165) is 34.0 Å². The first-order valence-corrected chi connectivity index (χ1v) is 8.23. The molecule has 2 fully saturated rings. The number of carbonyl (C=O) groups is 3. The molecule has 2 aliphatic rings. The maximum absolute atomic E-state index is 12.6. The van der Waals surface area contributed by atoms with Crippen LogP contribution in [0.1, 0.15) is 27.0 Å². The summed E-state index contributed by atoms with van der Waals surface area (Å²) in [6.07, 6.45) is 0. The third-order valence-electron chi connectivity index (χ3n) is 4.19. The summed E-state index contributed by atoms with van der Waals surface area (Å²) in [6, 6.07) is 3.84. The number of hydrogen-bond donors (Lipinski definition) is 0. The van der Waals surface area contributed by atoms with Gasteiger partial charge in [-0.25, -0.2) is 0 Å². The predicted octanol–water partition coefficient (Wildman–Crippen LogP) is 2.13. The molecule has 0 unspecified atom stereocenters. The van der Waals surface area contributed by atoms with E-state index in [-0.39, 0.29) is 28.8 Å². The van der Waals surface area contributed by atoms with Gasteiger partial charge in [-0.05, 0) is 31.9 Å². The number of nitrogens with zero attached hydrogens (tertiary/aromatic N) is 2. The molecular weight excluding hydrogens is 300 g/mol. The lowest BCUT2D eigenvalue weighted by Gasteiger charge is -2.43. The van der Waals surface area contributed by atoms with Crippen LogP contribution < -0.4 is 0 Å². The first kappa shape index (κ1) is 15.1. The maximum atomic E-state index is 12.6. The molecule has 3 amide bonds. The fourth-order valence-corrected chi connectivity index (χ4v) is 3.95. The SMILES string of the molecule is Cc1cc(C)c(C(=O)N2CC(N3C(=O)CSC3=O)C2)c(C)c1. The molecule has 2 aliphatic heterocycles. The highest BCUT2D eigenvalue weighted by Gasteiger charge is 2.43. The lowest BCUT2D eigenvalue weighted by Crippen LogP contribution is -2.62. The van der Waals surface area contributed by atoms with Crippen LogP contribution in [0, 0.1) is 20.8 Å². The second-order valence-electron chi connectivity index (χ2n) is 5.96. The Kier molecular flexibility index (Phi) is 3.72. The Bertz CT molecular complexity index is 641. The molecular formula is C16H18N2O3S. The Morgan fingerprint density at radius 2 is 1.73 bits per heavy atom. The number of rotatable bonds is 2. The van der Waals surface area contributed by atoms with Crippen molar-refractivity contribution in [1.82, 2.24) is 9.80 Å². The van der Waals surface area contributed by atoms with Gasteiger partial charge in [0.1, 0.15) is 0 Å². The average Bonchev–Trinajstić information content (AvgIpc) is 2.67. The summed E-state index contributed by atoms with van der Waals surface area (Å²) in [7, 11) is 0. The van der Waals surface area contributed by atoms with Crippen molar-refractivity contribution < 1.29 is 14.4 Å². The third-order valence-corrected chi connectivity index (χ3v) is 5.02. The van der Waals surface area contributed by atoms with Crippen LogP contribution in [-0.4, -0.2) is 51.7 Å². The molecule has 0 radical (unpaired) electrons. The van der Waals surface area contributed by atoms with Gasteiger partial charge < -0.3 is 4.90 Å². The smallest absolute Gasteiger partial charge is 0.289 e. The van der Waals surface area contributed by atoms with Crippen molar-refractivity contribution in [3.05, 3.63) is 34.4 Å². The monoisotopic (exact) mass is 318 g/mol. The fourth-order valence-electron chi connectivity index (χ4n) is 3.18. The van der Waals surface area contributed by atoms with Gasteiger partial charge in [0.25, 0.3) is 11.1 Å². The van der Waals surface area contributed by atoms with E-state index in [0.29, 0.717) is 13.1 Å². The maximum Gasteiger partial charge on any atom is 0.289 e. The van der Waals surface area contributed by atoms with E-state index in [2.05, 4.69) is 0 Å². The van der Waals surface area contributed by atoms with Gasteiger partial charge in [-0.1, -0.05) is 29.5 Å². The van der Waals surface area contributed by atoms with Gasteiger partial charge in [-0.2, -0.15) is 0 Å². The minimum Gasteiger partial charge on any atom is -0.334 e. The number of thioether (sulfide) groups is 1. The van der Waals surface area contributed by atoms with Crippen molar-refractivity contribution >= 4 is 28.8 Å². The van der Waals surface area contributed by atoms with E-state index in [1.807, 2.05) is 32.9 Å². The van der Waals surface area contributed by atoms with Crippen molar-refractivity contribution in [2.75, 3.05) is 18.8 Å². The Hall–Kier alpha value is -1.82. The molecule has 0 aromatic heterocycles. The van der Waals surface area contributed by atoms with E-state index >= 15 is 0 Å². The summed E-state index contributed by atoms with van der Waals surface area (Å²) >= 11 is 1.04. The van der Waals surface area contributed by atoms with Crippen molar-refractivity contribution in [2.24, 2.45) is 0 Å². The molecule has 2 saturated heterocycles. The number of hydrogen-bond acceptors (Lipinski definition) is 4. The standard InChI is InChI=1S/C16H18N2O3S/c1-9-4-10(2)14(11(3)5-9)15(20)17-6-12(7-17)18-13(19)8-22-16(18)21/h4-5,12H,6-8H2,1-3H3. The number of likely N-dealkylation sites (tertiary alicyclic amines) is 1. The van der Waals surface area contributed by atoms with Gasteiger partial charge in [0.15, 0.2) is 0 Å². The van der Waals surface area contributed by atoms with Crippen LogP contribution in [0.25, 0.3) is 0 Å². The summed E-state index contributed by atoms with van der Waals surface area (Å²) in [5.74, 6) is 0.0622. The number of amides is 3. The van der Waals surface area contributed by atoms with Crippen molar-refractivity contribution in [1.29, 1.82) is 0 Å². The Balaban J connectivity index is 1.72.